The third-order valence-electron chi connectivity index (χ3n) is 8.06. The minimum atomic E-state index is 0.124. The molecular formula is C35H46N8S. The normalized spacial score (nSPS) is 19.3. The molecule has 1 aliphatic rings. The summed E-state index contributed by atoms with van der Waals surface area (Å²) in [6, 6.07) is 26.1. The zero-order chi connectivity index (χ0) is 30.7. The van der Waals surface area contributed by atoms with Crippen LogP contribution in [0.4, 0.5) is 17.7 Å². The molecule has 2 atom stereocenters. The van der Waals surface area contributed by atoms with Crippen LogP contribution >= 0.6 is 11.8 Å². The van der Waals surface area contributed by atoms with Gasteiger partial charge in [-0.25, -0.2) is 15.0 Å². The topological polar surface area (TPSA) is 114 Å². The monoisotopic (exact) mass is 610 g/mol. The number of nitrogens with two attached hydrogens (primary N) is 1. The number of aromatic nitrogens is 4. The van der Waals surface area contributed by atoms with Crippen LogP contribution < -0.4 is 21.7 Å². The van der Waals surface area contributed by atoms with Crippen molar-refractivity contribution in [2.45, 2.75) is 68.7 Å². The van der Waals surface area contributed by atoms with Gasteiger partial charge in [-0.15, -0.1) is 11.8 Å². The summed E-state index contributed by atoms with van der Waals surface area (Å²) < 4.78 is 0. The van der Waals surface area contributed by atoms with E-state index in [-0.39, 0.29) is 23.7 Å². The second kappa shape index (κ2) is 15.9. The van der Waals surface area contributed by atoms with E-state index in [4.69, 9.17) is 25.7 Å². The first-order chi connectivity index (χ1) is 21.7. The van der Waals surface area contributed by atoms with E-state index < -0.39 is 0 Å². The quantitative estimate of drug-likeness (QED) is 0.0770. The van der Waals surface area contributed by atoms with Gasteiger partial charge in [-0.2, -0.15) is 4.98 Å². The molecule has 0 spiro atoms. The molecule has 0 saturated heterocycles. The SMILES string of the molecule is CCCNc1cc(C2[C@H](c3ccccc3)C(c3cc(SCCN)nc(NCCC)n3)[C@H]2c2ccccc2)nc(NCCC)n1. The molecule has 232 valence electrons. The highest BCUT2D eigenvalue weighted by molar-refractivity contribution is 7.99. The summed E-state index contributed by atoms with van der Waals surface area (Å²) in [6.45, 7) is 9.59. The van der Waals surface area contributed by atoms with E-state index in [1.165, 1.54) is 11.1 Å². The fourth-order valence-electron chi connectivity index (χ4n) is 6.13. The van der Waals surface area contributed by atoms with Crippen LogP contribution in [0, 0.1) is 0 Å². The molecule has 0 unspecified atom stereocenters. The Morgan fingerprint density at radius 2 is 1.11 bits per heavy atom. The molecule has 0 bridgehead atoms. The van der Waals surface area contributed by atoms with E-state index in [1.807, 2.05) is 0 Å². The summed E-state index contributed by atoms with van der Waals surface area (Å²) >= 11 is 1.69. The van der Waals surface area contributed by atoms with Crippen molar-refractivity contribution < 1.29 is 0 Å². The Morgan fingerprint density at radius 1 is 0.614 bits per heavy atom. The van der Waals surface area contributed by atoms with Gasteiger partial charge in [0.25, 0.3) is 0 Å². The van der Waals surface area contributed by atoms with Gasteiger partial charge in [-0.1, -0.05) is 81.4 Å². The lowest BCUT2D eigenvalue weighted by Crippen LogP contribution is -2.41. The fraction of sp³-hybridized carbons (Fsp3) is 0.429. The van der Waals surface area contributed by atoms with E-state index >= 15 is 0 Å². The maximum atomic E-state index is 5.89. The summed E-state index contributed by atoms with van der Waals surface area (Å²) in [5.74, 6) is 3.62. The molecule has 5 rings (SSSR count). The molecule has 2 aromatic carbocycles. The minimum absolute atomic E-state index is 0.124. The van der Waals surface area contributed by atoms with Gasteiger partial charge < -0.3 is 21.7 Å². The van der Waals surface area contributed by atoms with Crippen molar-refractivity contribution in [1.29, 1.82) is 0 Å². The molecule has 0 radical (unpaired) electrons. The number of benzene rings is 2. The first kappa shape index (κ1) is 31.7. The highest BCUT2D eigenvalue weighted by Gasteiger charge is 2.54. The second-order valence-electron chi connectivity index (χ2n) is 11.3. The van der Waals surface area contributed by atoms with Crippen LogP contribution in [0.3, 0.4) is 0 Å². The fourth-order valence-corrected chi connectivity index (χ4v) is 6.81. The maximum absolute atomic E-state index is 5.89. The molecule has 5 N–H and O–H groups in total. The third-order valence-corrected chi connectivity index (χ3v) is 9.00. The van der Waals surface area contributed by atoms with Crippen molar-refractivity contribution in [3.05, 3.63) is 95.3 Å². The van der Waals surface area contributed by atoms with Gasteiger partial charge in [0, 0.05) is 61.7 Å². The first-order valence-electron chi connectivity index (χ1n) is 16.1. The van der Waals surface area contributed by atoms with Crippen LogP contribution in [-0.2, 0) is 0 Å². The number of nitrogens with one attached hydrogen (secondary N) is 3. The van der Waals surface area contributed by atoms with Crippen LogP contribution in [0.2, 0.25) is 0 Å². The summed E-state index contributed by atoms with van der Waals surface area (Å²) in [5.41, 5.74) is 10.6. The molecule has 0 amide bonds. The van der Waals surface area contributed by atoms with Gasteiger partial charge in [0.15, 0.2) is 0 Å². The molecule has 1 saturated carbocycles. The van der Waals surface area contributed by atoms with Crippen molar-refractivity contribution in [2.24, 2.45) is 5.73 Å². The van der Waals surface area contributed by atoms with Gasteiger partial charge in [0.2, 0.25) is 11.9 Å². The molecule has 4 aromatic rings. The Labute approximate surface area is 266 Å². The largest absolute Gasteiger partial charge is 0.370 e. The molecule has 2 heterocycles. The van der Waals surface area contributed by atoms with Crippen molar-refractivity contribution in [2.75, 3.05) is 47.9 Å². The number of rotatable bonds is 16. The summed E-state index contributed by atoms with van der Waals surface area (Å²) in [7, 11) is 0. The Morgan fingerprint density at radius 3 is 1.64 bits per heavy atom. The van der Waals surface area contributed by atoms with Crippen LogP contribution in [0.15, 0.2) is 77.8 Å². The van der Waals surface area contributed by atoms with Gasteiger partial charge in [0.1, 0.15) is 10.8 Å². The third kappa shape index (κ3) is 7.50. The van der Waals surface area contributed by atoms with E-state index in [1.54, 1.807) is 11.8 Å². The van der Waals surface area contributed by atoms with Gasteiger partial charge in [0.05, 0.1) is 11.4 Å². The Balaban J connectivity index is 1.67. The Kier molecular flexibility index (Phi) is 11.4. The average molecular weight is 611 g/mol. The molecule has 1 aliphatic carbocycles. The van der Waals surface area contributed by atoms with Crippen molar-refractivity contribution in [3.63, 3.8) is 0 Å². The highest BCUT2D eigenvalue weighted by atomic mass is 32.2. The summed E-state index contributed by atoms with van der Waals surface area (Å²) in [5, 5.41) is 11.4. The maximum Gasteiger partial charge on any atom is 0.224 e. The predicted molar refractivity (Wildman–Crippen MR) is 184 cm³/mol. The van der Waals surface area contributed by atoms with Crippen molar-refractivity contribution in [1.82, 2.24) is 19.9 Å². The molecular weight excluding hydrogens is 565 g/mol. The van der Waals surface area contributed by atoms with E-state index in [0.717, 1.165) is 66.9 Å². The second-order valence-corrected chi connectivity index (χ2v) is 12.4. The summed E-state index contributed by atoms with van der Waals surface area (Å²) in [4.78, 5) is 20.0. The van der Waals surface area contributed by atoms with Crippen LogP contribution in [-0.4, -0.2) is 51.9 Å². The summed E-state index contributed by atoms with van der Waals surface area (Å²) in [6.07, 6.45) is 3.03. The van der Waals surface area contributed by atoms with Crippen LogP contribution in [0.5, 0.6) is 0 Å². The standard InChI is InChI=1S/C35H46N8S/c1-4-18-37-28-22-26(40-34(42-28)38-19-5-2)32-30(24-13-9-7-10-14-24)33(31(32)25-15-11-8-12-16-25)27-23-29(44-21-17-36)43-35(41-27)39-20-6-3/h7-16,22-23,30-33H,4-6,17-21,36H2,1-3H3,(H,39,41,43)(H2,37,38,40,42)/t30-,31-,32?,33?/m0/s1. The predicted octanol–water partition coefficient (Wildman–Crippen LogP) is 7.23. The van der Waals surface area contributed by atoms with Crippen molar-refractivity contribution in [3.8, 4) is 0 Å². The van der Waals surface area contributed by atoms with Gasteiger partial charge in [-0.05, 0) is 36.5 Å². The lowest BCUT2D eigenvalue weighted by atomic mass is 9.50. The molecule has 44 heavy (non-hydrogen) atoms. The van der Waals surface area contributed by atoms with Gasteiger partial charge in [-0.3, -0.25) is 0 Å². The molecule has 9 heteroatoms. The molecule has 2 aromatic heterocycles. The molecule has 1 fully saturated rings. The lowest BCUT2D eigenvalue weighted by Gasteiger charge is -2.52. The smallest absolute Gasteiger partial charge is 0.224 e. The van der Waals surface area contributed by atoms with Gasteiger partial charge >= 0.3 is 0 Å². The number of nitrogens with zero attached hydrogens (tertiary/aromatic N) is 4. The van der Waals surface area contributed by atoms with Crippen molar-refractivity contribution >= 4 is 29.5 Å². The number of hydrogen-bond donors (Lipinski definition) is 4. The number of hydrogen-bond acceptors (Lipinski definition) is 9. The molecule has 0 aliphatic heterocycles. The average Bonchev–Trinajstić information content (AvgIpc) is 3.05. The zero-order valence-corrected chi connectivity index (χ0v) is 27.0. The minimum Gasteiger partial charge on any atom is -0.370 e. The Bertz CT molecular complexity index is 1280. The van der Waals surface area contributed by atoms with E-state index in [9.17, 15) is 0 Å². The zero-order valence-electron chi connectivity index (χ0n) is 26.2. The first-order valence-corrected chi connectivity index (χ1v) is 17.1. The highest BCUT2D eigenvalue weighted by Crippen LogP contribution is 2.66. The van der Waals surface area contributed by atoms with E-state index in [0.29, 0.717) is 18.4 Å². The van der Waals surface area contributed by atoms with E-state index in [2.05, 4.69) is 110 Å². The van der Waals surface area contributed by atoms with Crippen LogP contribution in [0.25, 0.3) is 0 Å². The number of thioether (sulfide) groups is 1. The Hall–Kier alpha value is -3.69. The van der Waals surface area contributed by atoms with Crippen LogP contribution in [0.1, 0.15) is 86.2 Å². The molecule has 8 nitrogen and oxygen atoms in total. The number of anilines is 3. The lowest BCUT2D eigenvalue weighted by molar-refractivity contribution is 0.220.